The average molecular weight is 278 g/mol. The van der Waals surface area contributed by atoms with Gasteiger partial charge in [0.15, 0.2) is 0 Å². The molecule has 0 fully saturated rings. The lowest BCUT2D eigenvalue weighted by molar-refractivity contribution is 0.105. The van der Waals surface area contributed by atoms with E-state index in [2.05, 4.69) is 0 Å². The van der Waals surface area contributed by atoms with Crippen molar-refractivity contribution in [1.82, 2.24) is 0 Å². The van der Waals surface area contributed by atoms with E-state index in [0.29, 0.717) is 18.9 Å². The van der Waals surface area contributed by atoms with Gasteiger partial charge in [0.1, 0.15) is 5.75 Å². The number of halogens is 1. The molecule has 0 saturated heterocycles. The number of methoxy groups -OCH3 is 1. The zero-order valence-corrected chi connectivity index (χ0v) is 11.5. The Morgan fingerprint density at radius 3 is 2.47 bits per heavy atom. The summed E-state index contributed by atoms with van der Waals surface area (Å²) in [7, 11) is 1.62. The van der Waals surface area contributed by atoms with Gasteiger partial charge in [-0.2, -0.15) is 0 Å². The molecule has 2 N–H and O–H groups in total. The van der Waals surface area contributed by atoms with Crippen molar-refractivity contribution in [2.45, 2.75) is 13.2 Å². The van der Waals surface area contributed by atoms with Crippen LogP contribution in [0, 0.1) is 0 Å². The van der Waals surface area contributed by atoms with Crippen molar-refractivity contribution in [1.29, 1.82) is 0 Å². The Morgan fingerprint density at radius 2 is 1.79 bits per heavy atom. The van der Waals surface area contributed by atoms with Crippen LogP contribution in [0.2, 0.25) is 5.02 Å². The Labute approximate surface area is 117 Å². The lowest BCUT2D eigenvalue weighted by atomic mass is 10.2. The van der Waals surface area contributed by atoms with Crippen LogP contribution in [0.5, 0.6) is 5.75 Å². The number of hydrogen-bond acceptors (Lipinski definition) is 3. The van der Waals surface area contributed by atoms with Gasteiger partial charge in [0, 0.05) is 22.3 Å². The van der Waals surface area contributed by atoms with E-state index in [1.807, 2.05) is 36.4 Å². The second-order valence-corrected chi connectivity index (χ2v) is 4.63. The molecule has 0 aliphatic carbocycles. The molecule has 0 aromatic heterocycles. The number of rotatable bonds is 5. The highest BCUT2D eigenvalue weighted by molar-refractivity contribution is 6.30. The van der Waals surface area contributed by atoms with Gasteiger partial charge in [-0.1, -0.05) is 29.8 Å². The van der Waals surface area contributed by atoms with Crippen molar-refractivity contribution >= 4 is 17.3 Å². The predicted molar refractivity (Wildman–Crippen MR) is 77.4 cm³/mol. The van der Waals surface area contributed by atoms with E-state index in [-0.39, 0.29) is 0 Å². The lowest BCUT2D eigenvalue weighted by Gasteiger charge is -2.10. The van der Waals surface area contributed by atoms with Crippen LogP contribution in [0.1, 0.15) is 11.1 Å². The molecule has 19 heavy (non-hydrogen) atoms. The summed E-state index contributed by atoms with van der Waals surface area (Å²) in [5.74, 6) is 0.746. The molecule has 0 aliphatic heterocycles. The second kappa shape index (κ2) is 6.45. The Balaban J connectivity index is 1.94. The highest BCUT2D eigenvalue weighted by Crippen LogP contribution is 2.22. The van der Waals surface area contributed by atoms with E-state index in [4.69, 9.17) is 26.8 Å². The third kappa shape index (κ3) is 3.88. The summed E-state index contributed by atoms with van der Waals surface area (Å²) in [6.45, 7) is 1.01. The average Bonchev–Trinajstić information content (AvgIpc) is 2.42. The normalized spacial score (nSPS) is 10.4. The predicted octanol–water partition coefficient (Wildman–Crippen LogP) is 3.65. The Kier molecular flexibility index (Phi) is 4.66. The van der Waals surface area contributed by atoms with Crippen molar-refractivity contribution in [2.24, 2.45) is 0 Å². The molecule has 0 heterocycles. The van der Waals surface area contributed by atoms with Crippen LogP contribution >= 0.6 is 11.6 Å². The summed E-state index contributed by atoms with van der Waals surface area (Å²) >= 11 is 5.83. The number of ether oxygens (including phenoxy) is 2. The molecule has 2 rings (SSSR count). The van der Waals surface area contributed by atoms with Gasteiger partial charge in [0.25, 0.3) is 0 Å². The van der Waals surface area contributed by atoms with E-state index in [0.717, 1.165) is 21.9 Å². The Bertz CT molecular complexity index is 540. The summed E-state index contributed by atoms with van der Waals surface area (Å²) in [5.41, 5.74) is 8.44. The Hall–Kier alpha value is -1.71. The largest absolute Gasteiger partial charge is 0.496 e. The first-order valence-electron chi connectivity index (χ1n) is 5.93. The molecule has 0 radical (unpaired) electrons. The zero-order chi connectivity index (χ0) is 13.7. The minimum atomic E-state index is 0.478. The van der Waals surface area contributed by atoms with Gasteiger partial charge in [0.05, 0.1) is 20.3 Å². The first kappa shape index (κ1) is 13.7. The molecule has 0 saturated carbocycles. The monoisotopic (exact) mass is 277 g/mol. The van der Waals surface area contributed by atoms with Gasteiger partial charge < -0.3 is 15.2 Å². The first-order valence-corrected chi connectivity index (χ1v) is 6.31. The number of hydrogen-bond donors (Lipinski definition) is 1. The van der Waals surface area contributed by atoms with Crippen LogP contribution in [0.4, 0.5) is 5.69 Å². The molecule has 0 amide bonds. The Morgan fingerprint density at radius 1 is 1.05 bits per heavy atom. The number of nitrogen functional groups attached to an aromatic ring is 1. The molecule has 4 heteroatoms. The van der Waals surface area contributed by atoms with E-state index in [1.54, 1.807) is 13.2 Å². The van der Waals surface area contributed by atoms with E-state index >= 15 is 0 Å². The fourth-order valence-corrected chi connectivity index (χ4v) is 1.87. The molecule has 100 valence electrons. The third-order valence-electron chi connectivity index (χ3n) is 2.75. The molecule has 0 bridgehead atoms. The number of nitrogens with two attached hydrogens (primary N) is 1. The first-order chi connectivity index (χ1) is 9.19. The quantitative estimate of drug-likeness (QED) is 0.849. The molecule has 0 atom stereocenters. The minimum Gasteiger partial charge on any atom is -0.496 e. The molecular weight excluding hydrogens is 262 g/mol. The van der Waals surface area contributed by atoms with Gasteiger partial charge >= 0.3 is 0 Å². The highest BCUT2D eigenvalue weighted by atomic mass is 35.5. The van der Waals surface area contributed by atoms with Crippen molar-refractivity contribution in [2.75, 3.05) is 12.8 Å². The fraction of sp³-hybridized carbons (Fsp3) is 0.200. The van der Waals surface area contributed by atoms with E-state index in [9.17, 15) is 0 Å². The van der Waals surface area contributed by atoms with Crippen molar-refractivity contribution in [3.05, 3.63) is 58.6 Å². The maximum Gasteiger partial charge on any atom is 0.126 e. The van der Waals surface area contributed by atoms with Crippen LogP contribution in [-0.2, 0) is 18.0 Å². The summed E-state index contributed by atoms with van der Waals surface area (Å²) in [6.07, 6.45) is 0. The maximum atomic E-state index is 5.83. The third-order valence-corrected chi connectivity index (χ3v) is 3.00. The van der Waals surface area contributed by atoms with Gasteiger partial charge in [-0.3, -0.25) is 0 Å². The van der Waals surface area contributed by atoms with Crippen LogP contribution in [0.15, 0.2) is 42.5 Å². The molecule has 2 aromatic carbocycles. The lowest BCUT2D eigenvalue weighted by Crippen LogP contribution is -1.98. The molecule has 3 nitrogen and oxygen atoms in total. The van der Waals surface area contributed by atoms with Crippen molar-refractivity contribution < 1.29 is 9.47 Å². The zero-order valence-electron chi connectivity index (χ0n) is 10.7. The van der Waals surface area contributed by atoms with Crippen LogP contribution in [0.25, 0.3) is 0 Å². The topological polar surface area (TPSA) is 44.5 Å². The maximum absolute atomic E-state index is 5.83. The number of anilines is 1. The van der Waals surface area contributed by atoms with Gasteiger partial charge in [0.2, 0.25) is 0 Å². The number of benzene rings is 2. The van der Waals surface area contributed by atoms with Crippen LogP contribution in [-0.4, -0.2) is 7.11 Å². The second-order valence-electron chi connectivity index (χ2n) is 4.19. The smallest absolute Gasteiger partial charge is 0.126 e. The molecule has 2 aromatic rings. The fourth-order valence-electron chi connectivity index (χ4n) is 1.74. The summed E-state index contributed by atoms with van der Waals surface area (Å²) in [4.78, 5) is 0. The van der Waals surface area contributed by atoms with Gasteiger partial charge in [-0.15, -0.1) is 0 Å². The van der Waals surface area contributed by atoms with E-state index in [1.165, 1.54) is 0 Å². The summed E-state index contributed by atoms with van der Waals surface area (Å²) in [6, 6.07) is 13.1. The van der Waals surface area contributed by atoms with Gasteiger partial charge in [-0.05, 0) is 23.8 Å². The molecular formula is C15H16ClNO2. The van der Waals surface area contributed by atoms with Gasteiger partial charge in [-0.25, -0.2) is 0 Å². The SMILES string of the molecule is COc1cc(N)ccc1COCc1ccc(Cl)cc1. The summed E-state index contributed by atoms with van der Waals surface area (Å²) < 4.78 is 10.9. The molecule has 0 unspecified atom stereocenters. The van der Waals surface area contributed by atoms with Crippen LogP contribution < -0.4 is 10.5 Å². The van der Waals surface area contributed by atoms with E-state index < -0.39 is 0 Å². The molecule has 0 aliphatic rings. The molecule has 0 spiro atoms. The summed E-state index contributed by atoms with van der Waals surface area (Å²) in [5, 5.41) is 0.726. The van der Waals surface area contributed by atoms with Crippen molar-refractivity contribution in [3.63, 3.8) is 0 Å². The van der Waals surface area contributed by atoms with Crippen LogP contribution in [0.3, 0.4) is 0 Å². The minimum absolute atomic E-state index is 0.478. The standard InChI is InChI=1S/C15H16ClNO2/c1-18-15-8-14(17)7-4-12(15)10-19-9-11-2-5-13(16)6-3-11/h2-8H,9-10,17H2,1H3. The van der Waals surface area contributed by atoms with Crippen molar-refractivity contribution in [3.8, 4) is 5.75 Å². The highest BCUT2D eigenvalue weighted by Gasteiger charge is 2.03.